The van der Waals surface area contributed by atoms with E-state index in [1.54, 1.807) is 12.1 Å². The molecule has 2 aromatic rings. The number of pyridine rings is 1. The third kappa shape index (κ3) is 3.64. The van der Waals surface area contributed by atoms with Gasteiger partial charge in [0.15, 0.2) is 0 Å². The second-order valence-electron chi connectivity index (χ2n) is 3.85. The van der Waals surface area contributed by atoms with Crippen LogP contribution in [0.4, 0.5) is 5.69 Å². The van der Waals surface area contributed by atoms with E-state index in [1.807, 2.05) is 25.1 Å². The molecule has 0 saturated carbocycles. The highest BCUT2D eigenvalue weighted by molar-refractivity contribution is 9.11. The van der Waals surface area contributed by atoms with E-state index >= 15 is 0 Å². The monoisotopic (exact) mass is 446 g/mol. The molecule has 6 heteroatoms. The van der Waals surface area contributed by atoms with E-state index in [4.69, 9.17) is 0 Å². The summed E-state index contributed by atoms with van der Waals surface area (Å²) >= 11 is 10.0. The third-order valence-corrected chi connectivity index (χ3v) is 4.07. The van der Waals surface area contributed by atoms with E-state index in [-0.39, 0.29) is 5.91 Å². The molecule has 0 bridgehead atoms. The predicted molar refractivity (Wildman–Crippen MR) is 86.5 cm³/mol. The van der Waals surface area contributed by atoms with Crippen LogP contribution < -0.4 is 5.32 Å². The van der Waals surface area contributed by atoms with Crippen molar-refractivity contribution in [3.8, 4) is 0 Å². The number of rotatable bonds is 2. The highest BCUT2D eigenvalue weighted by atomic mass is 79.9. The van der Waals surface area contributed by atoms with Crippen LogP contribution in [0.3, 0.4) is 0 Å². The van der Waals surface area contributed by atoms with Crippen molar-refractivity contribution in [2.75, 3.05) is 5.32 Å². The Morgan fingerprint density at radius 2 is 1.89 bits per heavy atom. The molecular weight excluding hydrogens is 440 g/mol. The van der Waals surface area contributed by atoms with Crippen molar-refractivity contribution >= 4 is 59.4 Å². The Bertz CT molecular complexity index is 644. The van der Waals surface area contributed by atoms with Crippen molar-refractivity contribution in [2.24, 2.45) is 0 Å². The number of amides is 1. The van der Waals surface area contributed by atoms with Crippen molar-refractivity contribution in [3.05, 3.63) is 55.1 Å². The number of carbonyl (C=O) groups is 1. The Balaban J connectivity index is 2.25. The van der Waals surface area contributed by atoms with Gasteiger partial charge in [0.25, 0.3) is 5.91 Å². The summed E-state index contributed by atoms with van der Waals surface area (Å²) in [5, 5.41) is 2.85. The summed E-state index contributed by atoms with van der Waals surface area (Å²) in [4.78, 5) is 16.4. The maximum absolute atomic E-state index is 12.2. The first-order valence-corrected chi connectivity index (χ1v) is 7.75. The fraction of sp³-hybridized carbons (Fsp3) is 0.0769. The number of nitrogens with zero attached hydrogens (tertiary/aromatic N) is 1. The van der Waals surface area contributed by atoms with E-state index in [1.165, 1.54) is 0 Å². The number of benzene rings is 1. The van der Waals surface area contributed by atoms with Gasteiger partial charge in [-0.2, -0.15) is 0 Å². The van der Waals surface area contributed by atoms with Crippen LogP contribution in [-0.2, 0) is 0 Å². The topological polar surface area (TPSA) is 42.0 Å². The van der Waals surface area contributed by atoms with Gasteiger partial charge in [-0.1, -0.05) is 15.9 Å². The number of nitrogens with one attached hydrogen (secondary N) is 1. The summed E-state index contributed by atoms with van der Waals surface area (Å²) in [7, 11) is 0. The molecule has 0 aliphatic heterocycles. The zero-order valence-electron chi connectivity index (χ0n) is 9.88. The molecule has 0 spiro atoms. The summed E-state index contributed by atoms with van der Waals surface area (Å²) in [5.41, 5.74) is 2.03. The fourth-order valence-electron chi connectivity index (χ4n) is 1.53. The zero-order valence-corrected chi connectivity index (χ0v) is 14.6. The highest BCUT2D eigenvalue weighted by Gasteiger charge is 2.12. The molecule has 1 aromatic heterocycles. The molecule has 1 amide bonds. The molecule has 0 aliphatic rings. The first kappa shape index (κ1) is 14.7. The number of aryl methyl sites for hydroxylation is 1. The smallest absolute Gasteiger partial charge is 0.256 e. The molecule has 1 aromatic carbocycles. The van der Waals surface area contributed by atoms with E-state index in [0.717, 1.165) is 19.2 Å². The standard InChI is InChI=1S/C13H9Br3N2O/c1-7-11(4-5-12(16)17-7)18-13(19)9-3-2-8(14)6-10(9)15/h2-6H,1H3,(H,18,19). The number of anilines is 1. The molecule has 3 nitrogen and oxygen atoms in total. The van der Waals surface area contributed by atoms with Gasteiger partial charge in [0.1, 0.15) is 4.60 Å². The average molecular weight is 449 g/mol. The van der Waals surface area contributed by atoms with Crippen molar-refractivity contribution in [3.63, 3.8) is 0 Å². The lowest BCUT2D eigenvalue weighted by Gasteiger charge is -2.09. The van der Waals surface area contributed by atoms with E-state index in [9.17, 15) is 4.79 Å². The first-order valence-electron chi connectivity index (χ1n) is 5.37. The van der Waals surface area contributed by atoms with Crippen molar-refractivity contribution in [2.45, 2.75) is 6.92 Å². The summed E-state index contributed by atoms with van der Waals surface area (Å²) in [6.07, 6.45) is 0. The Morgan fingerprint density at radius 1 is 1.16 bits per heavy atom. The van der Waals surface area contributed by atoms with Crippen LogP contribution in [0.2, 0.25) is 0 Å². The van der Waals surface area contributed by atoms with Gasteiger partial charge in [-0.25, -0.2) is 4.98 Å². The number of halogens is 3. The van der Waals surface area contributed by atoms with Crippen LogP contribution in [0.1, 0.15) is 16.1 Å². The van der Waals surface area contributed by atoms with Crippen LogP contribution in [0.25, 0.3) is 0 Å². The zero-order chi connectivity index (χ0) is 14.0. The molecule has 0 radical (unpaired) electrons. The van der Waals surface area contributed by atoms with Gasteiger partial charge in [0, 0.05) is 8.95 Å². The number of hydrogen-bond donors (Lipinski definition) is 1. The first-order chi connectivity index (χ1) is 8.97. The molecule has 0 saturated heterocycles. The second-order valence-corrected chi connectivity index (χ2v) is 6.43. The predicted octanol–water partition coefficient (Wildman–Crippen LogP) is 4.93. The van der Waals surface area contributed by atoms with Crippen LogP contribution in [0.15, 0.2) is 43.9 Å². The average Bonchev–Trinajstić information content (AvgIpc) is 2.32. The minimum Gasteiger partial charge on any atom is -0.320 e. The van der Waals surface area contributed by atoms with E-state index < -0.39 is 0 Å². The lowest BCUT2D eigenvalue weighted by Crippen LogP contribution is -2.13. The lowest BCUT2D eigenvalue weighted by molar-refractivity contribution is 0.102. The van der Waals surface area contributed by atoms with Crippen molar-refractivity contribution in [1.29, 1.82) is 0 Å². The van der Waals surface area contributed by atoms with Gasteiger partial charge in [-0.3, -0.25) is 4.79 Å². The molecule has 19 heavy (non-hydrogen) atoms. The largest absolute Gasteiger partial charge is 0.320 e. The molecule has 1 heterocycles. The van der Waals surface area contributed by atoms with Gasteiger partial charge in [-0.15, -0.1) is 0 Å². The maximum atomic E-state index is 12.2. The van der Waals surface area contributed by atoms with Crippen LogP contribution in [-0.4, -0.2) is 10.9 Å². The minimum absolute atomic E-state index is 0.174. The van der Waals surface area contributed by atoms with Gasteiger partial charge in [0.2, 0.25) is 0 Å². The normalized spacial score (nSPS) is 10.3. The van der Waals surface area contributed by atoms with Crippen LogP contribution in [0, 0.1) is 6.92 Å². The summed E-state index contributed by atoms with van der Waals surface area (Å²) < 4.78 is 2.40. The van der Waals surface area contributed by atoms with Crippen molar-refractivity contribution < 1.29 is 4.79 Å². The van der Waals surface area contributed by atoms with E-state index in [0.29, 0.717) is 11.3 Å². The quantitative estimate of drug-likeness (QED) is 0.662. The lowest BCUT2D eigenvalue weighted by atomic mass is 10.2. The molecule has 0 atom stereocenters. The van der Waals surface area contributed by atoms with Crippen molar-refractivity contribution in [1.82, 2.24) is 4.98 Å². The molecule has 98 valence electrons. The molecule has 0 unspecified atom stereocenters. The van der Waals surface area contributed by atoms with Gasteiger partial charge in [0.05, 0.1) is 16.9 Å². The minimum atomic E-state index is -0.174. The van der Waals surface area contributed by atoms with Gasteiger partial charge < -0.3 is 5.32 Å². The van der Waals surface area contributed by atoms with Gasteiger partial charge >= 0.3 is 0 Å². The summed E-state index contributed by atoms with van der Waals surface area (Å²) in [5.74, 6) is -0.174. The molecule has 0 fully saturated rings. The van der Waals surface area contributed by atoms with Crippen LogP contribution in [0.5, 0.6) is 0 Å². The molecule has 1 N–H and O–H groups in total. The summed E-state index contributed by atoms with van der Waals surface area (Å²) in [6, 6.07) is 9.02. The molecular formula is C13H9Br3N2O. The Kier molecular flexibility index (Phi) is 4.76. The summed E-state index contributed by atoms with van der Waals surface area (Å²) in [6.45, 7) is 1.84. The Morgan fingerprint density at radius 3 is 2.53 bits per heavy atom. The molecule has 0 aliphatic carbocycles. The number of aromatic nitrogens is 1. The Labute approximate surface area is 136 Å². The highest BCUT2D eigenvalue weighted by Crippen LogP contribution is 2.23. The SMILES string of the molecule is Cc1nc(Br)ccc1NC(=O)c1ccc(Br)cc1Br. The maximum Gasteiger partial charge on any atom is 0.256 e. The second kappa shape index (κ2) is 6.15. The van der Waals surface area contributed by atoms with E-state index in [2.05, 4.69) is 58.1 Å². The van der Waals surface area contributed by atoms with Gasteiger partial charge in [-0.05, 0) is 69.1 Å². The fourth-order valence-corrected chi connectivity index (χ4v) is 3.15. The number of carbonyl (C=O) groups excluding carboxylic acids is 1. The van der Waals surface area contributed by atoms with Crippen LogP contribution >= 0.6 is 47.8 Å². The number of hydrogen-bond acceptors (Lipinski definition) is 2. The Hall–Kier alpha value is -0.720. The third-order valence-electron chi connectivity index (χ3n) is 2.48. The molecule has 2 rings (SSSR count).